The normalized spacial score (nSPS) is 11.5. The minimum absolute atomic E-state index is 0.0559. The van der Waals surface area contributed by atoms with Gasteiger partial charge in [-0.3, -0.25) is 4.72 Å². The first-order valence-corrected chi connectivity index (χ1v) is 8.67. The van der Waals surface area contributed by atoms with Gasteiger partial charge in [0.1, 0.15) is 5.82 Å². The fourth-order valence-electron chi connectivity index (χ4n) is 1.60. The quantitative estimate of drug-likeness (QED) is 0.770. The van der Waals surface area contributed by atoms with E-state index in [2.05, 4.69) is 20.7 Å². The summed E-state index contributed by atoms with van der Waals surface area (Å²) in [4.78, 5) is -0.0559. The van der Waals surface area contributed by atoms with Gasteiger partial charge in [0.15, 0.2) is 0 Å². The lowest BCUT2D eigenvalue weighted by atomic mass is 10.2. The number of rotatable bonds is 3. The zero-order chi connectivity index (χ0) is 15.8. The van der Waals surface area contributed by atoms with Crippen molar-refractivity contribution in [1.29, 1.82) is 0 Å². The molecule has 21 heavy (non-hydrogen) atoms. The van der Waals surface area contributed by atoms with Gasteiger partial charge in [0, 0.05) is 0 Å². The van der Waals surface area contributed by atoms with Gasteiger partial charge in [0.2, 0.25) is 0 Å². The topological polar surface area (TPSA) is 46.2 Å². The van der Waals surface area contributed by atoms with Crippen molar-refractivity contribution in [2.24, 2.45) is 0 Å². The van der Waals surface area contributed by atoms with E-state index in [4.69, 9.17) is 23.2 Å². The molecule has 0 aliphatic carbocycles. The predicted molar refractivity (Wildman–Crippen MR) is 86.1 cm³/mol. The van der Waals surface area contributed by atoms with Crippen LogP contribution in [0, 0.1) is 12.7 Å². The molecule has 3 nitrogen and oxygen atoms in total. The summed E-state index contributed by atoms with van der Waals surface area (Å²) < 4.78 is 40.7. The standard InChI is InChI=1S/C13H9BrCl2FNO2S/c1-7-4-9(14)12(17)6-13(7)18-21(19,20)8-2-3-10(15)11(16)5-8/h2-6,18H,1H3. The second-order valence-electron chi connectivity index (χ2n) is 4.26. The summed E-state index contributed by atoms with van der Waals surface area (Å²) in [5, 5.41) is 0.375. The highest BCUT2D eigenvalue weighted by atomic mass is 79.9. The Morgan fingerprint density at radius 1 is 1.14 bits per heavy atom. The van der Waals surface area contributed by atoms with E-state index in [9.17, 15) is 12.8 Å². The lowest BCUT2D eigenvalue weighted by Gasteiger charge is -2.12. The Kier molecular flexibility index (Phi) is 4.82. The zero-order valence-electron chi connectivity index (χ0n) is 10.6. The van der Waals surface area contributed by atoms with Gasteiger partial charge in [-0.1, -0.05) is 23.2 Å². The molecule has 0 heterocycles. The van der Waals surface area contributed by atoms with Crippen LogP contribution in [0.5, 0.6) is 0 Å². The molecular weight excluding hydrogens is 404 g/mol. The number of hydrogen-bond acceptors (Lipinski definition) is 2. The molecule has 0 saturated heterocycles. The molecule has 0 spiro atoms. The zero-order valence-corrected chi connectivity index (χ0v) is 14.5. The van der Waals surface area contributed by atoms with E-state index in [1.54, 1.807) is 6.92 Å². The van der Waals surface area contributed by atoms with Crippen LogP contribution in [-0.2, 0) is 10.0 Å². The molecule has 0 saturated carbocycles. The third-order valence-corrected chi connectivity index (χ3v) is 5.42. The third-order valence-electron chi connectivity index (χ3n) is 2.71. The molecule has 0 fully saturated rings. The largest absolute Gasteiger partial charge is 0.279 e. The van der Waals surface area contributed by atoms with Gasteiger partial charge in [-0.05, 0) is 58.7 Å². The molecule has 1 N–H and O–H groups in total. The Morgan fingerprint density at radius 2 is 1.81 bits per heavy atom. The first-order chi connectivity index (χ1) is 9.70. The number of aryl methyl sites for hydroxylation is 1. The molecule has 0 bridgehead atoms. The van der Waals surface area contributed by atoms with Gasteiger partial charge < -0.3 is 0 Å². The second kappa shape index (κ2) is 6.12. The molecule has 0 unspecified atom stereocenters. The van der Waals surface area contributed by atoms with Crippen molar-refractivity contribution in [2.75, 3.05) is 4.72 Å². The van der Waals surface area contributed by atoms with E-state index < -0.39 is 15.8 Å². The Balaban J connectivity index is 2.42. The van der Waals surface area contributed by atoms with Crippen LogP contribution in [0.15, 0.2) is 39.7 Å². The molecule has 0 aliphatic heterocycles. The predicted octanol–water partition coefficient (Wildman–Crippen LogP) is 5.00. The molecule has 0 radical (unpaired) electrons. The van der Waals surface area contributed by atoms with Gasteiger partial charge in [-0.2, -0.15) is 0 Å². The molecule has 0 aromatic heterocycles. The molecular formula is C13H9BrCl2FNO2S. The fraction of sp³-hybridized carbons (Fsp3) is 0.0769. The molecule has 0 amide bonds. The molecule has 8 heteroatoms. The summed E-state index contributed by atoms with van der Waals surface area (Å²) in [7, 11) is -3.88. The van der Waals surface area contributed by atoms with E-state index in [-0.39, 0.29) is 25.1 Å². The monoisotopic (exact) mass is 411 g/mol. The highest BCUT2D eigenvalue weighted by Gasteiger charge is 2.17. The van der Waals surface area contributed by atoms with Crippen LogP contribution in [0.1, 0.15) is 5.56 Å². The van der Waals surface area contributed by atoms with Crippen LogP contribution < -0.4 is 4.72 Å². The Hall–Kier alpha value is -0.820. The van der Waals surface area contributed by atoms with Crippen LogP contribution in [0.4, 0.5) is 10.1 Å². The first kappa shape index (κ1) is 16.5. The van der Waals surface area contributed by atoms with Gasteiger partial charge in [0.05, 0.1) is 25.1 Å². The van der Waals surface area contributed by atoms with Gasteiger partial charge in [-0.25, -0.2) is 12.8 Å². The SMILES string of the molecule is Cc1cc(Br)c(F)cc1NS(=O)(=O)c1ccc(Cl)c(Cl)c1. The number of nitrogens with one attached hydrogen (secondary N) is 1. The summed E-state index contributed by atoms with van der Waals surface area (Å²) in [6, 6.07) is 6.53. The Labute approximate surface area is 140 Å². The van der Waals surface area contributed by atoms with Crippen LogP contribution in [0.25, 0.3) is 0 Å². The number of halogens is 4. The van der Waals surface area contributed by atoms with Crippen molar-refractivity contribution in [2.45, 2.75) is 11.8 Å². The van der Waals surface area contributed by atoms with Crippen molar-refractivity contribution in [3.8, 4) is 0 Å². The maximum Gasteiger partial charge on any atom is 0.261 e. The molecule has 2 rings (SSSR count). The first-order valence-electron chi connectivity index (χ1n) is 5.64. The van der Waals surface area contributed by atoms with Crippen molar-refractivity contribution in [3.05, 3.63) is 56.2 Å². The lowest BCUT2D eigenvalue weighted by molar-refractivity contribution is 0.601. The van der Waals surface area contributed by atoms with Gasteiger partial charge in [0.25, 0.3) is 10.0 Å². The summed E-state index contributed by atoms with van der Waals surface area (Å²) >= 11 is 14.6. The summed E-state index contributed by atoms with van der Waals surface area (Å²) in [6.45, 7) is 1.66. The molecule has 112 valence electrons. The van der Waals surface area contributed by atoms with Crippen molar-refractivity contribution >= 4 is 54.8 Å². The van der Waals surface area contributed by atoms with Gasteiger partial charge in [-0.15, -0.1) is 0 Å². The van der Waals surface area contributed by atoms with Crippen LogP contribution >= 0.6 is 39.1 Å². The van der Waals surface area contributed by atoms with E-state index in [1.165, 1.54) is 24.3 Å². The minimum Gasteiger partial charge on any atom is -0.279 e. The van der Waals surface area contributed by atoms with Crippen molar-refractivity contribution < 1.29 is 12.8 Å². The smallest absolute Gasteiger partial charge is 0.261 e. The number of sulfonamides is 1. The van der Waals surface area contributed by atoms with E-state index in [0.717, 1.165) is 6.07 Å². The Morgan fingerprint density at radius 3 is 2.43 bits per heavy atom. The summed E-state index contributed by atoms with van der Waals surface area (Å²) in [5.41, 5.74) is 0.730. The van der Waals surface area contributed by atoms with Crippen molar-refractivity contribution in [3.63, 3.8) is 0 Å². The molecule has 0 atom stereocenters. The van der Waals surface area contributed by atoms with E-state index in [0.29, 0.717) is 5.56 Å². The lowest BCUT2D eigenvalue weighted by Crippen LogP contribution is -2.14. The minimum atomic E-state index is -3.88. The highest BCUT2D eigenvalue weighted by Crippen LogP contribution is 2.28. The fourth-order valence-corrected chi connectivity index (χ4v) is 3.57. The number of anilines is 1. The number of benzene rings is 2. The van der Waals surface area contributed by atoms with E-state index in [1.807, 2.05) is 0 Å². The van der Waals surface area contributed by atoms with E-state index >= 15 is 0 Å². The second-order valence-corrected chi connectivity index (χ2v) is 7.61. The number of hydrogen-bond donors (Lipinski definition) is 1. The Bertz CT molecular complexity index is 812. The molecule has 0 aliphatic rings. The van der Waals surface area contributed by atoms with Crippen LogP contribution in [-0.4, -0.2) is 8.42 Å². The van der Waals surface area contributed by atoms with Gasteiger partial charge >= 0.3 is 0 Å². The van der Waals surface area contributed by atoms with Crippen LogP contribution in [0.3, 0.4) is 0 Å². The maximum absolute atomic E-state index is 13.5. The molecule has 2 aromatic rings. The third kappa shape index (κ3) is 3.69. The highest BCUT2D eigenvalue weighted by molar-refractivity contribution is 9.10. The average Bonchev–Trinajstić information content (AvgIpc) is 2.39. The maximum atomic E-state index is 13.5. The van der Waals surface area contributed by atoms with Crippen LogP contribution in [0.2, 0.25) is 10.0 Å². The molecule has 2 aromatic carbocycles. The average molecular weight is 413 g/mol. The van der Waals surface area contributed by atoms with Crippen molar-refractivity contribution in [1.82, 2.24) is 0 Å². The summed E-state index contributed by atoms with van der Waals surface area (Å²) in [6.07, 6.45) is 0. The summed E-state index contributed by atoms with van der Waals surface area (Å²) in [5.74, 6) is -0.563.